The van der Waals surface area contributed by atoms with Gasteiger partial charge in [0.2, 0.25) is 11.1 Å². The van der Waals surface area contributed by atoms with Crippen LogP contribution >= 0.6 is 27.7 Å². The number of nitrogen functional groups attached to an aromatic ring is 1. The molecule has 130 valence electrons. The minimum atomic E-state index is -0.0574. The summed E-state index contributed by atoms with van der Waals surface area (Å²) in [4.78, 5) is 11.8. The lowest BCUT2D eigenvalue weighted by atomic mass is 10.2. The van der Waals surface area contributed by atoms with Gasteiger partial charge >= 0.3 is 0 Å². The average Bonchev–Trinajstić information content (AvgIpc) is 3.24. The molecule has 0 spiro atoms. The first kappa shape index (κ1) is 17.6. The molecule has 7 nitrogen and oxygen atoms in total. The number of amides is 1. The molecule has 0 radical (unpaired) electrons. The second-order valence-corrected chi connectivity index (χ2v) is 7.03. The number of nitrogens with zero attached hydrogens (tertiary/aromatic N) is 3. The third-order valence-electron chi connectivity index (χ3n) is 3.38. The van der Waals surface area contributed by atoms with E-state index in [0.29, 0.717) is 29.7 Å². The Bertz CT molecular complexity index is 850. The molecule has 1 aromatic carbocycles. The molecular weight excluding hydrogens is 406 g/mol. The molecule has 3 rings (SSSR count). The van der Waals surface area contributed by atoms with E-state index in [2.05, 4.69) is 31.4 Å². The van der Waals surface area contributed by atoms with Crippen LogP contribution in [0, 0.1) is 0 Å². The summed E-state index contributed by atoms with van der Waals surface area (Å²) >= 11 is 4.86. The van der Waals surface area contributed by atoms with Crippen LogP contribution in [0.5, 0.6) is 0 Å². The molecule has 0 aliphatic heterocycles. The first-order valence-corrected chi connectivity index (χ1v) is 9.30. The number of furan rings is 1. The van der Waals surface area contributed by atoms with Crippen molar-refractivity contribution in [1.82, 2.24) is 20.2 Å². The lowest BCUT2D eigenvalue weighted by molar-refractivity contribution is -0.120. The Hall–Kier alpha value is -2.26. The fourth-order valence-electron chi connectivity index (χ4n) is 2.12. The van der Waals surface area contributed by atoms with E-state index in [1.54, 1.807) is 12.3 Å². The topological polar surface area (TPSA) is 99.0 Å². The molecule has 25 heavy (non-hydrogen) atoms. The normalized spacial score (nSPS) is 10.8. The van der Waals surface area contributed by atoms with Crippen molar-refractivity contribution < 1.29 is 9.21 Å². The van der Waals surface area contributed by atoms with Gasteiger partial charge in [0.1, 0.15) is 5.76 Å². The number of thioether (sulfide) groups is 1. The van der Waals surface area contributed by atoms with Gasteiger partial charge in [-0.3, -0.25) is 4.79 Å². The molecule has 9 heteroatoms. The number of rotatable bonds is 7. The molecule has 3 aromatic rings. The highest BCUT2D eigenvalue weighted by Crippen LogP contribution is 2.27. The highest BCUT2D eigenvalue weighted by molar-refractivity contribution is 9.10. The zero-order valence-electron chi connectivity index (χ0n) is 13.2. The monoisotopic (exact) mass is 421 g/mol. The quantitative estimate of drug-likeness (QED) is 0.449. The van der Waals surface area contributed by atoms with Gasteiger partial charge in [0, 0.05) is 22.2 Å². The first-order chi connectivity index (χ1) is 12.1. The highest BCUT2D eigenvalue weighted by atomic mass is 79.9. The molecule has 0 atom stereocenters. The summed E-state index contributed by atoms with van der Waals surface area (Å²) in [5.74, 6) is 7.86. The van der Waals surface area contributed by atoms with Crippen molar-refractivity contribution in [3.63, 3.8) is 0 Å². The van der Waals surface area contributed by atoms with Gasteiger partial charge in [-0.15, -0.1) is 10.2 Å². The maximum Gasteiger partial charge on any atom is 0.221 e. The molecule has 0 bridgehead atoms. The summed E-state index contributed by atoms with van der Waals surface area (Å²) < 4.78 is 7.49. The van der Waals surface area contributed by atoms with Gasteiger partial charge in [0.15, 0.2) is 5.82 Å². The Balaban J connectivity index is 1.52. The Labute approximate surface area is 157 Å². The van der Waals surface area contributed by atoms with E-state index >= 15 is 0 Å². The first-order valence-electron chi connectivity index (χ1n) is 7.52. The number of aromatic nitrogens is 3. The van der Waals surface area contributed by atoms with Crippen molar-refractivity contribution >= 4 is 33.6 Å². The fourth-order valence-corrected chi connectivity index (χ4v) is 3.38. The Morgan fingerprint density at radius 1 is 1.28 bits per heavy atom. The summed E-state index contributed by atoms with van der Waals surface area (Å²) in [6.07, 6.45) is 1.93. The number of benzene rings is 1. The molecular formula is C16H16BrN5O2S. The van der Waals surface area contributed by atoms with Crippen LogP contribution in [0.2, 0.25) is 0 Å². The maximum absolute atomic E-state index is 11.8. The molecule has 2 heterocycles. The summed E-state index contributed by atoms with van der Waals surface area (Å²) in [6.45, 7) is 0.385. The van der Waals surface area contributed by atoms with Crippen LogP contribution in [0.1, 0.15) is 12.2 Å². The standard InChI is InChI=1S/C16H16BrN5O2S/c17-13-6-2-1-5-12(13)15-20-21-16(22(15)18)25-9-7-14(23)19-10-11-4-3-8-24-11/h1-6,8H,7,9-10,18H2,(H,19,23). The number of nitrogens with two attached hydrogens (primary N) is 1. The van der Waals surface area contributed by atoms with Gasteiger partial charge in [0.25, 0.3) is 0 Å². The molecule has 0 saturated carbocycles. The lowest BCUT2D eigenvalue weighted by Crippen LogP contribution is -2.22. The van der Waals surface area contributed by atoms with Crippen LogP contribution in [-0.2, 0) is 11.3 Å². The smallest absolute Gasteiger partial charge is 0.221 e. The van der Waals surface area contributed by atoms with Crippen molar-refractivity contribution in [2.24, 2.45) is 0 Å². The van der Waals surface area contributed by atoms with E-state index < -0.39 is 0 Å². The molecule has 0 saturated heterocycles. The number of carbonyl (C=O) groups excluding carboxylic acids is 1. The van der Waals surface area contributed by atoms with Gasteiger partial charge in [0.05, 0.1) is 12.8 Å². The molecule has 0 aliphatic rings. The summed E-state index contributed by atoms with van der Waals surface area (Å²) in [5, 5.41) is 11.6. The number of hydrogen-bond acceptors (Lipinski definition) is 6. The van der Waals surface area contributed by atoms with E-state index in [1.807, 2.05) is 30.3 Å². The van der Waals surface area contributed by atoms with Crippen molar-refractivity contribution in [3.05, 3.63) is 52.9 Å². The third kappa shape index (κ3) is 4.43. The Morgan fingerprint density at radius 2 is 2.12 bits per heavy atom. The largest absolute Gasteiger partial charge is 0.467 e. The van der Waals surface area contributed by atoms with E-state index in [1.165, 1.54) is 16.4 Å². The van der Waals surface area contributed by atoms with Gasteiger partial charge in [-0.05, 0) is 24.3 Å². The van der Waals surface area contributed by atoms with Crippen molar-refractivity contribution in [2.75, 3.05) is 11.6 Å². The molecule has 0 fully saturated rings. The third-order valence-corrected chi connectivity index (χ3v) is 5.02. The number of hydrogen-bond donors (Lipinski definition) is 2. The van der Waals surface area contributed by atoms with Crippen molar-refractivity contribution in [2.45, 2.75) is 18.1 Å². The lowest BCUT2D eigenvalue weighted by Gasteiger charge is -2.05. The van der Waals surface area contributed by atoms with Crippen molar-refractivity contribution in [3.8, 4) is 11.4 Å². The summed E-state index contributed by atoms with van der Waals surface area (Å²) in [6, 6.07) is 11.3. The maximum atomic E-state index is 11.8. The van der Waals surface area contributed by atoms with E-state index in [4.69, 9.17) is 10.3 Å². The van der Waals surface area contributed by atoms with Crippen LogP contribution in [0.4, 0.5) is 0 Å². The van der Waals surface area contributed by atoms with Crippen LogP contribution in [0.25, 0.3) is 11.4 Å². The molecule has 2 aromatic heterocycles. The predicted octanol–water partition coefficient (Wildman–Crippen LogP) is 2.81. The number of carbonyl (C=O) groups is 1. The second kappa shape index (κ2) is 8.21. The van der Waals surface area contributed by atoms with Gasteiger partial charge < -0.3 is 15.6 Å². The number of halogens is 1. The molecule has 1 amide bonds. The SMILES string of the molecule is Nn1c(SCCC(=O)NCc2ccco2)nnc1-c1ccccc1Br. The predicted molar refractivity (Wildman–Crippen MR) is 99.2 cm³/mol. The van der Waals surface area contributed by atoms with Crippen LogP contribution in [0.3, 0.4) is 0 Å². The summed E-state index contributed by atoms with van der Waals surface area (Å²) in [5.41, 5.74) is 0.862. The Morgan fingerprint density at radius 3 is 2.88 bits per heavy atom. The Kier molecular flexibility index (Phi) is 5.77. The average molecular weight is 422 g/mol. The molecule has 3 N–H and O–H groups in total. The minimum Gasteiger partial charge on any atom is -0.467 e. The van der Waals surface area contributed by atoms with Gasteiger partial charge in [-0.25, -0.2) is 4.68 Å². The van der Waals surface area contributed by atoms with Crippen LogP contribution in [-0.4, -0.2) is 26.5 Å². The molecule has 0 aliphatic carbocycles. The zero-order chi connectivity index (χ0) is 17.6. The second-order valence-electron chi connectivity index (χ2n) is 5.11. The molecule has 0 unspecified atom stereocenters. The van der Waals surface area contributed by atoms with E-state index in [0.717, 1.165) is 15.8 Å². The van der Waals surface area contributed by atoms with Gasteiger partial charge in [-0.2, -0.15) is 0 Å². The summed E-state index contributed by atoms with van der Waals surface area (Å²) in [7, 11) is 0. The number of nitrogens with one attached hydrogen (secondary N) is 1. The van der Waals surface area contributed by atoms with Crippen LogP contribution < -0.4 is 11.2 Å². The van der Waals surface area contributed by atoms with Crippen LogP contribution in [0.15, 0.2) is 56.7 Å². The minimum absolute atomic E-state index is 0.0574. The van der Waals surface area contributed by atoms with Crippen molar-refractivity contribution in [1.29, 1.82) is 0 Å². The van der Waals surface area contributed by atoms with E-state index in [-0.39, 0.29) is 5.91 Å². The highest BCUT2D eigenvalue weighted by Gasteiger charge is 2.14. The fraction of sp³-hybridized carbons (Fsp3) is 0.188. The van der Waals surface area contributed by atoms with E-state index in [9.17, 15) is 4.79 Å². The van der Waals surface area contributed by atoms with Gasteiger partial charge in [-0.1, -0.05) is 39.8 Å². The zero-order valence-corrected chi connectivity index (χ0v) is 15.6.